The molecule has 0 saturated heterocycles. The van der Waals surface area contributed by atoms with E-state index in [1.165, 1.54) is 18.2 Å². The van der Waals surface area contributed by atoms with Gasteiger partial charge in [-0.3, -0.25) is 0 Å². The summed E-state index contributed by atoms with van der Waals surface area (Å²) in [6.45, 7) is 4.97. The summed E-state index contributed by atoms with van der Waals surface area (Å²) in [6, 6.07) is 6.09. The van der Waals surface area contributed by atoms with Gasteiger partial charge in [-0.2, -0.15) is 5.26 Å². The van der Waals surface area contributed by atoms with Gasteiger partial charge in [-0.15, -0.1) is 0 Å². The Hall–Kier alpha value is -1.13. The van der Waals surface area contributed by atoms with Crippen molar-refractivity contribution in [3.8, 4) is 6.07 Å². The molecule has 0 unspecified atom stereocenters. The molecule has 0 saturated carbocycles. The van der Waals surface area contributed by atoms with Crippen molar-refractivity contribution in [1.29, 1.82) is 5.26 Å². The van der Waals surface area contributed by atoms with Gasteiger partial charge in [0.25, 0.3) is 0 Å². The molecule has 116 valence electrons. The summed E-state index contributed by atoms with van der Waals surface area (Å²) >= 11 is 5.94. The van der Waals surface area contributed by atoms with Gasteiger partial charge in [0, 0.05) is 13.1 Å². The lowest BCUT2D eigenvalue weighted by atomic mass is 9.93. The molecule has 5 nitrogen and oxygen atoms in total. The Bertz CT molecular complexity index is 649. The summed E-state index contributed by atoms with van der Waals surface area (Å²) in [6.07, 6.45) is 0. The van der Waals surface area contributed by atoms with Crippen LogP contribution in [0.1, 0.15) is 19.4 Å². The first-order chi connectivity index (χ1) is 9.57. The van der Waals surface area contributed by atoms with E-state index in [0.717, 1.165) is 6.54 Å². The van der Waals surface area contributed by atoms with Crippen molar-refractivity contribution in [2.45, 2.75) is 18.7 Å². The lowest BCUT2D eigenvalue weighted by Crippen LogP contribution is -2.40. The van der Waals surface area contributed by atoms with E-state index < -0.39 is 10.0 Å². The van der Waals surface area contributed by atoms with Gasteiger partial charge in [-0.05, 0) is 37.7 Å². The van der Waals surface area contributed by atoms with Crippen LogP contribution < -0.4 is 4.72 Å². The highest BCUT2D eigenvalue weighted by atomic mass is 35.5. The first kappa shape index (κ1) is 17.9. The maximum atomic E-state index is 12.3. The molecule has 0 bridgehead atoms. The van der Waals surface area contributed by atoms with Crippen LogP contribution in [-0.2, 0) is 10.0 Å². The fourth-order valence-corrected chi connectivity index (χ4v) is 3.82. The lowest BCUT2D eigenvalue weighted by Gasteiger charge is -2.28. The molecule has 0 amide bonds. The first-order valence-corrected chi connectivity index (χ1v) is 8.27. The van der Waals surface area contributed by atoms with E-state index in [1.54, 1.807) is 0 Å². The lowest BCUT2D eigenvalue weighted by molar-refractivity contribution is 0.242. The van der Waals surface area contributed by atoms with Crippen LogP contribution in [-0.4, -0.2) is 40.5 Å². The van der Waals surface area contributed by atoms with Gasteiger partial charge in [0.15, 0.2) is 0 Å². The second kappa shape index (κ2) is 6.75. The second-order valence-corrected chi connectivity index (χ2v) is 8.13. The molecule has 1 aromatic rings. The highest BCUT2D eigenvalue weighted by Crippen LogP contribution is 2.23. The van der Waals surface area contributed by atoms with E-state index in [1.807, 2.05) is 38.9 Å². The van der Waals surface area contributed by atoms with Gasteiger partial charge < -0.3 is 4.90 Å². The van der Waals surface area contributed by atoms with Gasteiger partial charge in [0.1, 0.15) is 4.90 Å². The number of hydrogen-bond acceptors (Lipinski definition) is 4. The molecule has 0 aliphatic rings. The molecule has 1 N–H and O–H groups in total. The Morgan fingerprint density at radius 2 is 2.00 bits per heavy atom. The molecule has 1 aromatic carbocycles. The summed E-state index contributed by atoms with van der Waals surface area (Å²) in [7, 11) is 0.124. The number of nitrogens with one attached hydrogen (secondary N) is 1. The van der Waals surface area contributed by atoms with Crippen molar-refractivity contribution in [3.63, 3.8) is 0 Å². The predicted molar refractivity (Wildman–Crippen MR) is 83.7 cm³/mol. The summed E-state index contributed by atoms with van der Waals surface area (Å²) < 4.78 is 27.2. The van der Waals surface area contributed by atoms with Crippen LogP contribution in [0.25, 0.3) is 0 Å². The summed E-state index contributed by atoms with van der Waals surface area (Å²) in [4.78, 5) is 1.93. The van der Waals surface area contributed by atoms with Crippen LogP contribution in [0.4, 0.5) is 0 Å². The minimum atomic E-state index is -3.74. The Balaban J connectivity index is 2.95. The quantitative estimate of drug-likeness (QED) is 0.867. The Morgan fingerprint density at radius 1 is 1.38 bits per heavy atom. The number of nitriles is 1. The largest absolute Gasteiger partial charge is 0.309 e. The van der Waals surface area contributed by atoms with E-state index >= 15 is 0 Å². The molecule has 0 heterocycles. The van der Waals surface area contributed by atoms with Gasteiger partial charge in [-0.1, -0.05) is 25.4 Å². The summed E-state index contributed by atoms with van der Waals surface area (Å²) in [5.74, 6) is 0. The predicted octanol–water partition coefficient (Wildman–Crippen LogP) is 2.08. The number of halogens is 1. The van der Waals surface area contributed by atoms with Crippen molar-refractivity contribution >= 4 is 21.6 Å². The summed E-state index contributed by atoms with van der Waals surface area (Å²) in [5, 5.41) is 8.97. The molecule has 0 radical (unpaired) electrons. The molecule has 7 heteroatoms. The van der Waals surface area contributed by atoms with Crippen molar-refractivity contribution in [3.05, 3.63) is 28.8 Å². The van der Waals surface area contributed by atoms with Crippen molar-refractivity contribution in [2.24, 2.45) is 5.41 Å². The van der Waals surface area contributed by atoms with Crippen molar-refractivity contribution in [1.82, 2.24) is 9.62 Å². The second-order valence-electron chi connectivity index (χ2n) is 5.98. The van der Waals surface area contributed by atoms with Crippen LogP contribution in [0.3, 0.4) is 0 Å². The average molecular weight is 330 g/mol. The van der Waals surface area contributed by atoms with Crippen LogP contribution >= 0.6 is 11.6 Å². The molecule has 0 fully saturated rings. The SMILES string of the molecule is CN(C)CC(C)(C)CNS(=O)(=O)c1cc(C#N)ccc1Cl. The van der Waals surface area contributed by atoms with E-state index in [4.69, 9.17) is 16.9 Å². The van der Waals surface area contributed by atoms with E-state index in [2.05, 4.69) is 4.72 Å². The van der Waals surface area contributed by atoms with E-state index in [9.17, 15) is 8.42 Å². The van der Waals surface area contributed by atoms with Gasteiger partial charge >= 0.3 is 0 Å². The fraction of sp³-hybridized carbons (Fsp3) is 0.500. The van der Waals surface area contributed by atoms with Crippen LogP contribution in [0, 0.1) is 16.7 Å². The molecule has 1 rings (SSSR count). The Labute approximate surface area is 131 Å². The highest BCUT2D eigenvalue weighted by Gasteiger charge is 2.24. The molecular formula is C14H20ClN3O2S. The highest BCUT2D eigenvalue weighted by molar-refractivity contribution is 7.89. The number of benzene rings is 1. The number of hydrogen-bond donors (Lipinski definition) is 1. The van der Waals surface area contributed by atoms with Gasteiger partial charge in [0.05, 0.1) is 16.7 Å². The summed E-state index contributed by atoms with van der Waals surface area (Å²) in [5.41, 5.74) is 0.0305. The van der Waals surface area contributed by atoms with Crippen LogP contribution in [0.5, 0.6) is 0 Å². The van der Waals surface area contributed by atoms with E-state index in [-0.39, 0.29) is 27.4 Å². The Kier molecular flexibility index (Phi) is 5.76. The first-order valence-electron chi connectivity index (χ1n) is 6.41. The minimum absolute atomic E-state index is 0.0659. The van der Waals surface area contributed by atoms with Crippen LogP contribution in [0.2, 0.25) is 5.02 Å². The Morgan fingerprint density at radius 3 is 2.52 bits per heavy atom. The third-order valence-corrected chi connectivity index (χ3v) is 4.72. The molecule has 0 aliphatic carbocycles. The third-order valence-electron chi connectivity index (χ3n) is 2.83. The molecular weight excluding hydrogens is 310 g/mol. The van der Waals surface area contributed by atoms with Crippen molar-refractivity contribution in [2.75, 3.05) is 27.2 Å². The zero-order chi connectivity index (χ0) is 16.3. The van der Waals surface area contributed by atoms with Gasteiger partial charge in [0.2, 0.25) is 10.0 Å². The minimum Gasteiger partial charge on any atom is -0.309 e. The normalized spacial score (nSPS) is 12.4. The van der Waals surface area contributed by atoms with Crippen molar-refractivity contribution < 1.29 is 8.42 Å². The molecule has 0 aromatic heterocycles. The van der Waals surface area contributed by atoms with E-state index in [0.29, 0.717) is 0 Å². The molecule has 0 atom stereocenters. The standard InChI is InChI=1S/C14H20ClN3O2S/c1-14(2,10-18(3)4)9-17-21(19,20)13-7-11(8-16)5-6-12(13)15/h5-7,17H,9-10H2,1-4H3. The smallest absolute Gasteiger partial charge is 0.242 e. The topological polar surface area (TPSA) is 73.2 Å². The zero-order valence-electron chi connectivity index (χ0n) is 12.6. The number of sulfonamides is 1. The molecule has 0 spiro atoms. The zero-order valence-corrected chi connectivity index (χ0v) is 14.2. The average Bonchev–Trinajstić information content (AvgIpc) is 2.36. The molecule has 0 aliphatic heterocycles. The fourth-order valence-electron chi connectivity index (χ4n) is 2.06. The van der Waals surface area contributed by atoms with Gasteiger partial charge in [-0.25, -0.2) is 13.1 Å². The maximum Gasteiger partial charge on any atom is 0.242 e. The van der Waals surface area contributed by atoms with Crippen LogP contribution in [0.15, 0.2) is 23.1 Å². The number of rotatable bonds is 6. The monoisotopic (exact) mass is 329 g/mol. The maximum absolute atomic E-state index is 12.3. The third kappa shape index (κ3) is 5.29. The number of nitrogens with zero attached hydrogens (tertiary/aromatic N) is 2. The molecule has 21 heavy (non-hydrogen) atoms.